The van der Waals surface area contributed by atoms with Crippen molar-refractivity contribution in [1.29, 1.82) is 0 Å². The Kier molecular flexibility index (Phi) is 5.48. The summed E-state index contributed by atoms with van der Waals surface area (Å²) in [6, 6.07) is 0.219. The van der Waals surface area contributed by atoms with Gasteiger partial charge in [-0.2, -0.15) is 0 Å². The summed E-state index contributed by atoms with van der Waals surface area (Å²) in [5, 5.41) is 5.98. The van der Waals surface area contributed by atoms with Crippen LogP contribution in [0.25, 0.3) is 0 Å². The zero-order valence-corrected chi connectivity index (χ0v) is 13.8. The van der Waals surface area contributed by atoms with Crippen LogP contribution in [0.3, 0.4) is 0 Å². The lowest BCUT2D eigenvalue weighted by Crippen LogP contribution is -2.46. The second-order valence-electron chi connectivity index (χ2n) is 6.47. The first-order valence-electron chi connectivity index (χ1n) is 7.85. The molecule has 1 aliphatic carbocycles. The molecule has 2 aliphatic rings. The maximum atomic E-state index is 11.9. The summed E-state index contributed by atoms with van der Waals surface area (Å²) < 4.78 is 24.4. The number of nitrogens with one attached hydrogen (secondary N) is 2. The van der Waals surface area contributed by atoms with Gasteiger partial charge in [-0.15, -0.1) is 0 Å². The lowest BCUT2D eigenvalue weighted by atomic mass is 9.98. The second-order valence-corrected chi connectivity index (χ2v) is 8.46. The smallest absolute Gasteiger partial charge is 0.315 e. The molecule has 1 saturated carbocycles. The van der Waals surface area contributed by atoms with Crippen molar-refractivity contribution in [3.05, 3.63) is 0 Å². The maximum absolute atomic E-state index is 11.9. The molecule has 1 aliphatic heterocycles. The Hall–Kier alpha value is -0.820. The third-order valence-corrected chi connectivity index (χ3v) is 6.07. The fourth-order valence-corrected chi connectivity index (χ4v) is 4.14. The van der Waals surface area contributed by atoms with Gasteiger partial charge in [-0.05, 0) is 37.5 Å². The van der Waals surface area contributed by atoms with Gasteiger partial charge in [0, 0.05) is 25.7 Å². The van der Waals surface area contributed by atoms with E-state index in [0.717, 1.165) is 19.3 Å². The van der Waals surface area contributed by atoms with E-state index in [4.69, 9.17) is 0 Å². The molecule has 1 saturated heterocycles. The number of hydrogen-bond donors (Lipinski definition) is 2. The predicted molar refractivity (Wildman–Crippen MR) is 82.5 cm³/mol. The van der Waals surface area contributed by atoms with E-state index in [1.165, 1.54) is 23.4 Å². The monoisotopic (exact) mass is 317 g/mol. The largest absolute Gasteiger partial charge is 0.338 e. The third-order valence-electron chi connectivity index (χ3n) is 4.77. The Balaban J connectivity index is 1.66. The molecule has 7 heteroatoms. The van der Waals surface area contributed by atoms with Crippen LogP contribution in [0.5, 0.6) is 0 Å². The molecule has 2 atom stereocenters. The molecular formula is C14H27N3O3S. The first-order valence-corrected chi connectivity index (χ1v) is 9.70. The van der Waals surface area contributed by atoms with Gasteiger partial charge < -0.3 is 10.6 Å². The van der Waals surface area contributed by atoms with Gasteiger partial charge in [0.1, 0.15) is 0 Å². The lowest BCUT2D eigenvalue weighted by molar-refractivity contribution is 0.225. The second kappa shape index (κ2) is 6.96. The van der Waals surface area contributed by atoms with Gasteiger partial charge in [0.2, 0.25) is 10.0 Å². The van der Waals surface area contributed by atoms with Gasteiger partial charge in [0.25, 0.3) is 0 Å². The summed E-state index contributed by atoms with van der Waals surface area (Å²) >= 11 is 0. The molecule has 0 aromatic heterocycles. The predicted octanol–water partition coefficient (Wildman–Crippen LogP) is 1.15. The van der Waals surface area contributed by atoms with Crippen LogP contribution in [0.15, 0.2) is 0 Å². The van der Waals surface area contributed by atoms with Crippen LogP contribution in [0.4, 0.5) is 4.79 Å². The van der Waals surface area contributed by atoms with Crippen molar-refractivity contribution in [2.45, 2.75) is 45.1 Å². The molecule has 21 heavy (non-hydrogen) atoms. The fraction of sp³-hybridized carbons (Fsp3) is 0.929. The number of amides is 2. The van der Waals surface area contributed by atoms with E-state index < -0.39 is 10.0 Å². The van der Waals surface area contributed by atoms with Crippen molar-refractivity contribution in [3.63, 3.8) is 0 Å². The van der Waals surface area contributed by atoms with Gasteiger partial charge in [0.15, 0.2) is 0 Å². The van der Waals surface area contributed by atoms with Gasteiger partial charge in [0.05, 0.1) is 6.26 Å². The van der Waals surface area contributed by atoms with Crippen LogP contribution >= 0.6 is 0 Å². The number of carbonyl (C=O) groups is 1. The van der Waals surface area contributed by atoms with E-state index in [9.17, 15) is 13.2 Å². The summed E-state index contributed by atoms with van der Waals surface area (Å²) in [6.45, 7) is 3.93. The topological polar surface area (TPSA) is 78.5 Å². The Bertz CT molecular complexity index is 458. The Morgan fingerprint density at radius 2 is 1.86 bits per heavy atom. The first-order chi connectivity index (χ1) is 9.86. The average molecular weight is 317 g/mol. The highest BCUT2D eigenvalue weighted by molar-refractivity contribution is 7.88. The molecule has 2 amide bonds. The molecule has 1 heterocycles. The molecule has 0 aromatic rings. The van der Waals surface area contributed by atoms with Crippen LogP contribution in [0, 0.1) is 11.8 Å². The highest BCUT2D eigenvalue weighted by atomic mass is 32.2. The highest BCUT2D eigenvalue weighted by Crippen LogP contribution is 2.24. The Morgan fingerprint density at radius 1 is 1.19 bits per heavy atom. The fourth-order valence-electron chi connectivity index (χ4n) is 3.26. The van der Waals surface area contributed by atoms with E-state index >= 15 is 0 Å². The van der Waals surface area contributed by atoms with Gasteiger partial charge in [-0.25, -0.2) is 17.5 Å². The summed E-state index contributed by atoms with van der Waals surface area (Å²) in [5.74, 6) is 0.934. The molecule has 0 bridgehead atoms. The van der Waals surface area contributed by atoms with Crippen LogP contribution in [0.2, 0.25) is 0 Å². The zero-order valence-electron chi connectivity index (χ0n) is 13.0. The summed E-state index contributed by atoms with van der Waals surface area (Å²) in [4.78, 5) is 11.9. The van der Waals surface area contributed by atoms with E-state index in [1.807, 2.05) is 0 Å². The number of nitrogens with zero attached hydrogens (tertiary/aromatic N) is 1. The lowest BCUT2D eigenvalue weighted by Gasteiger charge is -2.30. The van der Waals surface area contributed by atoms with Crippen molar-refractivity contribution < 1.29 is 13.2 Å². The van der Waals surface area contributed by atoms with Crippen LogP contribution in [-0.4, -0.2) is 50.7 Å². The van der Waals surface area contributed by atoms with Gasteiger partial charge >= 0.3 is 6.03 Å². The van der Waals surface area contributed by atoms with Crippen molar-refractivity contribution in [2.24, 2.45) is 11.8 Å². The van der Waals surface area contributed by atoms with Gasteiger partial charge in [-0.1, -0.05) is 13.3 Å². The Labute approximate surface area is 127 Å². The SMILES string of the molecule is C[C@H]1CCC[C@H]1NC(=O)NCC1CCN(S(C)(=O)=O)CC1. The minimum absolute atomic E-state index is 0.0840. The Morgan fingerprint density at radius 3 is 2.38 bits per heavy atom. The van der Waals surface area contributed by atoms with E-state index in [2.05, 4.69) is 17.6 Å². The summed E-state index contributed by atoms with van der Waals surface area (Å²) in [6.07, 6.45) is 6.33. The number of urea groups is 1. The molecule has 122 valence electrons. The normalized spacial score (nSPS) is 28.5. The van der Waals surface area contributed by atoms with Crippen molar-refractivity contribution in [1.82, 2.24) is 14.9 Å². The van der Waals surface area contributed by atoms with Crippen LogP contribution in [-0.2, 0) is 10.0 Å². The van der Waals surface area contributed by atoms with Gasteiger partial charge in [-0.3, -0.25) is 0 Å². The molecule has 6 nitrogen and oxygen atoms in total. The molecule has 0 spiro atoms. The molecule has 2 fully saturated rings. The van der Waals surface area contributed by atoms with Crippen molar-refractivity contribution in [3.8, 4) is 0 Å². The standard InChI is InChI=1S/C14H27N3O3S/c1-11-4-3-5-13(11)16-14(18)15-10-12-6-8-17(9-7-12)21(2,19)20/h11-13H,3-10H2,1-2H3,(H2,15,16,18)/t11-,13+/m0/s1. The molecule has 0 radical (unpaired) electrons. The minimum Gasteiger partial charge on any atom is -0.338 e. The van der Waals surface area contributed by atoms with E-state index in [1.54, 1.807) is 0 Å². The first kappa shape index (κ1) is 16.5. The van der Waals surface area contributed by atoms with E-state index in [-0.39, 0.29) is 6.03 Å². The zero-order chi connectivity index (χ0) is 15.5. The number of sulfonamides is 1. The number of carbonyl (C=O) groups excluding carboxylic acids is 1. The van der Waals surface area contributed by atoms with E-state index in [0.29, 0.717) is 37.5 Å². The average Bonchev–Trinajstić information content (AvgIpc) is 2.81. The molecule has 2 N–H and O–H groups in total. The van der Waals surface area contributed by atoms with Crippen molar-refractivity contribution in [2.75, 3.05) is 25.9 Å². The molecular weight excluding hydrogens is 290 g/mol. The summed E-state index contributed by atoms with van der Waals surface area (Å²) in [7, 11) is -3.07. The quantitative estimate of drug-likeness (QED) is 0.816. The third kappa shape index (κ3) is 4.85. The number of piperidine rings is 1. The van der Waals surface area contributed by atoms with Crippen molar-refractivity contribution >= 4 is 16.1 Å². The number of rotatable bonds is 4. The van der Waals surface area contributed by atoms with Crippen LogP contribution in [0.1, 0.15) is 39.0 Å². The molecule has 0 aromatic carbocycles. The summed E-state index contributed by atoms with van der Waals surface area (Å²) in [5.41, 5.74) is 0. The maximum Gasteiger partial charge on any atom is 0.315 e. The number of hydrogen-bond acceptors (Lipinski definition) is 3. The minimum atomic E-state index is -3.07. The molecule has 2 rings (SSSR count). The highest BCUT2D eigenvalue weighted by Gasteiger charge is 2.27. The van der Waals surface area contributed by atoms with Crippen LogP contribution < -0.4 is 10.6 Å². The molecule has 0 unspecified atom stereocenters.